The smallest absolute Gasteiger partial charge is 0.309 e. The summed E-state index contributed by atoms with van der Waals surface area (Å²) in [6, 6.07) is 0. The average molecular weight is 399 g/mol. The largest absolute Gasteiger partial charge is 0.481 e. The van der Waals surface area contributed by atoms with Crippen LogP contribution in [0.1, 0.15) is 79.1 Å². The number of hydrogen-bond acceptors (Lipinski definition) is 5. The van der Waals surface area contributed by atoms with E-state index in [0.717, 1.165) is 25.7 Å². The molecule has 0 aromatic rings. The van der Waals surface area contributed by atoms with E-state index >= 15 is 0 Å². The number of ether oxygens (including phenoxy) is 2. The molecule has 0 aromatic heterocycles. The Kier molecular flexibility index (Phi) is 15.1. The Labute approximate surface area is 169 Å². The van der Waals surface area contributed by atoms with Crippen LogP contribution in [0.3, 0.4) is 0 Å². The highest BCUT2D eigenvalue weighted by atomic mass is 16.5. The Balaban J connectivity index is 4.33. The molecule has 1 unspecified atom stereocenters. The number of carbonyl (C=O) groups excluding carboxylic acids is 2. The second-order valence-electron chi connectivity index (χ2n) is 8.06. The molecule has 0 aliphatic heterocycles. The number of rotatable bonds is 16. The lowest BCUT2D eigenvalue weighted by molar-refractivity contribution is -0.156. The molecule has 0 radical (unpaired) electrons. The van der Waals surface area contributed by atoms with E-state index in [2.05, 4.69) is 0 Å². The molecule has 0 fully saturated rings. The van der Waals surface area contributed by atoms with Crippen LogP contribution in [0.4, 0.5) is 0 Å². The Morgan fingerprint density at radius 2 is 1.46 bits per heavy atom. The summed E-state index contributed by atoms with van der Waals surface area (Å²) in [6.07, 6.45) is 9.10. The van der Waals surface area contributed by atoms with Crippen LogP contribution in [-0.4, -0.2) is 36.2 Å². The highest BCUT2D eigenvalue weighted by Gasteiger charge is 2.23. The summed E-state index contributed by atoms with van der Waals surface area (Å²) in [5.41, 5.74) is 0. The van der Waals surface area contributed by atoms with E-state index in [1.165, 1.54) is 0 Å². The summed E-state index contributed by atoms with van der Waals surface area (Å²) >= 11 is 0. The van der Waals surface area contributed by atoms with Gasteiger partial charge in [0.2, 0.25) is 0 Å². The van der Waals surface area contributed by atoms with E-state index in [4.69, 9.17) is 14.6 Å². The summed E-state index contributed by atoms with van der Waals surface area (Å²) in [5.74, 6) is -1.49. The normalized spacial score (nSPS) is 12.5. The molecule has 0 aromatic carbocycles. The molecule has 6 nitrogen and oxygen atoms in total. The zero-order valence-corrected chi connectivity index (χ0v) is 17.9. The maximum Gasteiger partial charge on any atom is 0.309 e. The van der Waals surface area contributed by atoms with E-state index < -0.39 is 11.9 Å². The first-order valence-corrected chi connectivity index (χ1v) is 10.4. The van der Waals surface area contributed by atoms with Crippen molar-refractivity contribution in [2.24, 2.45) is 17.8 Å². The number of aliphatic carboxylic acids is 1. The van der Waals surface area contributed by atoms with Gasteiger partial charge in [-0.2, -0.15) is 0 Å². The first kappa shape index (κ1) is 26.1. The quantitative estimate of drug-likeness (QED) is 0.229. The highest BCUT2D eigenvalue weighted by molar-refractivity contribution is 5.80. The lowest BCUT2D eigenvalue weighted by Gasteiger charge is -2.15. The number of carboxylic acid groups (broad SMARTS) is 1. The fourth-order valence-electron chi connectivity index (χ4n) is 2.42. The molecule has 0 spiro atoms. The van der Waals surface area contributed by atoms with Crippen LogP contribution >= 0.6 is 0 Å². The number of carbonyl (C=O) groups is 3. The van der Waals surface area contributed by atoms with E-state index in [-0.39, 0.29) is 36.6 Å². The Bertz CT molecular complexity index is 481. The number of allylic oxidation sites excluding steroid dienone is 2. The molecule has 28 heavy (non-hydrogen) atoms. The fraction of sp³-hybridized carbons (Fsp3) is 0.773. The monoisotopic (exact) mass is 398 g/mol. The molecule has 0 rings (SSSR count). The lowest BCUT2D eigenvalue weighted by Crippen LogP contribution is -2.24. The van der Waals surface area contributed by atoms with Crippen molar-refractivity contribution >= 4 is 17.9 Å². The van der Waals surface area contributed by atoms with Crippen LogP contribution in [0, 0.1) is 17.8 Å². The minimum atomic E-state index is -0.748. The molecular weight excluding hydrogens is 360 g/mol. The van der Waals surface area contributed by atoms with Gasteiger partial charge in [0.1, 0.15) is 0 Å². The third kappa shape index (κ3) is 16.3. The zero-order valence-electron chi connectivity index (χ0n) is 17.9. The zero-order chi connectivity index (χ0) is 21.4. The summed E-state index contributed by atoms with van der Waals surface area (Å²) in [7, 11) is 0. The number of hydrogen-bond donors (Lipinski definition) is 1. The Morgan fingerprint density at radius 1 is 0.857 bits per heavy atom. The van der Waals surface area contributed by atoms with E-state index in [9.17, 15) is 14.4 Å². The first-order chi connectivity index (χ1) is 13.2. The van der Waals surface area contributed by atoms with Gasteiger partial charge < -0.3 is 14.6 Å². The van der Waals surface area contributed by atoms with Crippen molar-refractivity contribution in [3.05, 3.63) is 12.2 Å². The van der Waals surface area contributed by atoms with Gasteiger partial charge in [0, 0.05) is 6.42 Å². The summed E-state index contributed by atoms with van der Waals surface area (Å²) in [6.45, 7) is 8.56. The summed E-state index contributed by atoms with van der Waals surface area (Å²) in [5, 5.41) is 8.59. The third-order valence-electron chi connectivity index (χ3n) is 3.98. The van der Waals surface area contributed by atoms with E-state index in [0.29, 0.717) is 26.1 Å². The van der Waals surface area contributed by atoms with Crippen LogP contribution < -0.4 is 0 Å². The highest BCUT2D eigenvalue weighted by Crippen LogP contribution is 2.15. The third-order valence-corrected chi connectivity index (χ3v) is 3.98. The van der Waals surface area contributed by atoms with Crippen LogP contribution in [0.2, 0.25) is 0 Å². The maximum atomic E-state index is 12.3. The van der Waals surface area contributed by atoms with Crippen molar-refractivity contribution < 1.29 is 29.0 Å². The molecule has 162 valence electrons. The predicted molar refractivity (Wildman–Crippen MR) is 109 cm³/mol. The molecule has 0 aliphatic rings. The van der Waals surface area contributed by atoms with E-state index in [1.807, 2.05) is 39.8 Å². The number of esters is 2. The molecule has 6 heteroatoms. The van der Waals surface area contributed by atoms with Gasteiger partial charge in [0.05, 0.1) is 25.6 Å². The van der Waals surface area contributed by atoms with Gasteiger partial charge in [-0.1, -0.05) is 52.7 Å². The van der Waals surface area contributed by atoms with Crippen molar-refractivity contribution in [1.29, 1.82) is 0 Å². The van der Waals surface area contributed by atoms with Crippen LogP contribution in [0.15, 0.2) is 12.2 Å². The second kappa shape index (κ2) is 16.1. The molecule has 0 bridgehead atoms. The summed E-state index contributed by atoms with van der Waals surface area (Å²) < 4.78 is 10.5. The van der Waals surface area contributed by atoms with Crippen molar-refractivity contribution in [3.8, 4) is 0 Å². The van der Waals surface area contributed by atoms with Gasteiger partial charge >= 0.3 is 17.9 Å². The number of carboxylic acids is 1. The Morgan fingerprint density at radius 3 is 2.07 bits per heavy atom. The van der Waals surface area contributed by atoms with Crippen molar-refractivity contribution in [2.45, 2.75) is 79.1 Å². The van der Waals surface area contributed by atoms with Gasteiger partial charge in [-0.15, -0.1) is 0 Å². The molecule has 0 aliphatic carbocycles. The SMILES string of the molecule is CC(C)COC(=O)CC(C/C=C/CCCCCCC(=O)O)C(=O)OCC(C)C. The molecule has 0 amide bonds. The fourth-order valence-corrected chi connectivity index (χ4v) is 2.42. The van der Waals surface area contributed by atoms with E-state index in [1.54, 1.807) is 0 Å². The predicted octanol–water partition coefficient (Wildman–Crippen LogP) is 4.76. The molecular formula is C22H38O6. The van der Waals surface area contributed by atoms with Crippen molar-refractivity contribution in [3.63, 3.8) is 0 Å². The second-order valence-corrected chi connectivity index (χ2v) is 8.06. The first-order valence-electron chi connectivity index (χ1n) is 10.4. The van der Waals surface area contributed by atoms with Crippen molar-refractivity contribution in [1.82, 2.24) is 0 Å². The minimum Gasteiger partial charge on any atom is -0.481 e. The van der Waals surface area contributed by atoms with Gasteiger partial charge in [-0.05, 0) is 37.5 Å². The molecule has 0 heterocycles. The van der Waals surface area contributed by atoms with Gasteiger partial charge in [-0.3, -0.25) is 14.4 Å². The van der Waals surface area contributed by atoms with Crippen LogP contribution in [0.25, 0.3) is 0 Å². The standard InChI is InChI=1S/C22H38O6/c1-17(2)15-27-21(25)14-19(22(26)28-16-18(3)4)12-10-8-6-5-7-9-11-13-20(23)24/h8,10,17-19H,5-7,9,11-16H2,1-4H3,(H,23,24)/b10-8+. The summed E-state index contributed by atoms with van der Waals surface area (Å²) in [4.78, 5) is 34.7. The minimum absolute atomic E-state index is 0.0309. The lowest BCUT2D eigenvalue weighted by atomic mass is 10.0. The van der Waals surface area contributed by atoms with Gasteiger partial charge in [0.15, 0.2) is 0 Å². The van der Waals surface area contributed by atoms with Crippen LogP contribution in [0.5, 0.6) is 0 Å². The molecule has 1 N–H and O–H groups in total. The van der Waals surface area contributed by atoms with Crippen LogP contribution in [-0.2, 0) is 23.9 Å². The average Bonchev–Trinajstić information content (AvgIpc) is 2.61. The van der Waals surface area contributed by atoms with Gasteiger partial charge in [0.25, 0.3) is 0 Å². The van der Waals surface area contributed by atoms with Gasteiger partial charge in [-0.25, -0.2) is 0 Å². The van der Waals surface area contributed by atoms with Crippen molar-refractivity contribution in [2.75, 3.05) is 13.2 Å². The Hall–Kier alpha value is -1.85. The topological polar surface area (TPSA) is 89.9 Å². The molecule has 0 saturated carbocycles. The number of unbranched alkanes of at least 4 members (excludes halogenated alkanes) is 4. The maximum absolute atomic E-state index is 12.3. The molecule has 0 saturated heterocycles. The molecule has 1 atom stereocenters.